The molecule has 1 aliphatic heterocycles. The van der Waals surface area contributed by atoms with Crippen LogP contribution in [0.25, 0.3) is 0 Å². The number of likely N-dealkylation sites (tertiary alicyclic amines) is 1. The molecule has 1 aromatic rings. The zero-order chi connectivity index (χ0) is 13.0. The van der Waals surface area contributed by atoms with Crippen molar-refractivity contribution in [3.8, 4) is 0 Å². The predicted molar refractivity (Wildman–Crippen MR) is 69.6 cm³/mol. The van der Waals surface area contributed by atoms with Crippen LogP contribution < -0.4 is 5.32 Å². The molecule has 6 nitrogen and oxygen atoms in total. The molecule has 98 valence electrons. The van der Waals surface area contributed by atoms with E-state index in [1.165, 1.54) is 31.2 Å². The van der Waals surface area contributed by atoms with Crippen LogP contribution in [0, 0.1) is 16.0 Å². The van der Waals surface area contributed by atoms with Gasteiger partial charge in [-0.1, -0.05) is 0 Å². The maximum absolute atomic E-state index is 10.6. The van der Waals surface area contributed by atoms with Crippen molar-refractivity contribution in [3.05, 3.63) is 28.4 Å². The fraction of sp³-hybridized carbons (Fsp3) is 0.583. The maximum atomic E-state index is 10.6. The number of nitrogens with zero attached hydrogens (tertiary/aromatic N) is 3. The molecule has 0 saturated carbocycles. The first-order valence-electron chi connectivity index (χ1n) is 6.18. The number of piperidine rings is 1. The van der Waals surface area contributed by atoms with Crippen LogP contribution in [0.4, 0.5) is 11.5 Å². The van der Waals surface area contributed by atoms with Crippen LogP contribution in [0.15, 0.2) is 18.3 Å². The average molecular weight is 250 g/mol. The van der Waals surface area contributed by atoms with E-state index in [9.17, 15) is 10.1 Å². The predicted octanol–water partition coefficient (Wildman–Crippen LogP) is 1.74. The van der Waals surface area contributed by atoms with Crippen molar-refractivity contribution >= 4 is 11.5 Å². The molecule has 2 rings (SSSR count). The van der Waals surface area contributed by atoms with Crippen molar-refractivity contribution in [2.45, 2.75) is 12.8 Å². The van der Waals surface area contributed by atoms with E-state index in [2.05, 4.69) is 22.2 Å². The number of rotatable bonds is 4. The molecule has 0 unspecified atom stereocenters. The average Bonchev–Trinajstić information content (AvgIpc) is 2.38. The second-order valence-electron chi connectivity index (χ2n) is 4.78. The first-order chi connectivity index (χ1) is 8.65. The normalized spacial score (nSPS) is 17.6. The Bertz CT molecular complexity index is 416. The highest BCUT2D eigenvalue weighted by Crippen LogP contribution is 2.18. The molecule has 0 amide bonds. The van der Waals surface area contributed by atoms with Gasteiger partial charge in [0.2, 0.25) is 0 Å². The molecule has 2 heterocycles. The third-order valence-electron chi connectivity index (χ3n) is 3.36. The molecule has 0 atom stereocenters. The zero-order valence-corrected chi connectivity index (χ0v) is 10.5. The molecule has 1 N–H and O–H groups in total. The minimum Gasteiger partial charge on any atom is -0.370 e. The fourth-order valence-corrected chi connectivity index (χ4v) is 2.14. The van der Waals surface area contributed by atoms with Gasteiger partial charge in [0.25, 0.3) is 5.69 Å². The van der Waals surface area contributed by atoms with Crippen LogP contribution >= 0.6 is 0 Å². The van der Waals surface area contributed by atoms with Gasteiger partial charge < -0.3 is 10.2 Å². The number of hydrogen-bond acceptors (Lipinski definition) is 5. The number of hydrogen-bond donors (Lipinski definition) is 1. The largest absolute Gasteiger partial charge is 0.370 e. The first-order valence-corrected chi connectivity index (χ1v) is 6.18. The minimum atomic E-state index is -0.400. The SMILES string of the molecule is CN1CCC(CNc2cc([N+](=O)[O-])ccn2)CC1. The summed E-state index contributed by atoms with van der Waals surface area (Å²) in [4.78, 5) is 16.7. The quantitative estimate of drug-likeness (QED) is 0.651. The highest BCUT2D eigenvalue weighted by molar-refractivity contribution is 5.44. The van der Waals surface area contributed by atoms with Crippen molar-refractivity contribution in [2.24, 2.45) is 5.92 Å². The number of pyridine rings is 1. The van der Waals surface area contributed by atoms with E-state index in [0.717, 1.165) is 19.6 Å². The van der Waals surface area contributed by atoms with Gasteiger partial charge in [-0.15, -0.1) is 0 Å². The molecule has 1 saturated heterocycles. The van der Waals surface area contributed by atoms with Crippen molar-refractivity contribution in [1.29, 1.82) is 0 Å². The van der Waals surface area contributed by atoms with Gasteiger partial charge in [0, 0.05) is 18.8 Å². The summed E-state index contributed by atoms with van der Waals surface area (Å²) >= 11 is 0. The Morgan fingerprint density at radius 3 is 2.94 bits per heavy atom. The molecule has 0 spiro atoms. The molecule has 0 aromatic carbocycles. The van der Waals surface area contributed by atoms with Gasteiger partial charge >= 0.3 is 0 Å². The summed E-state index contributed by atoms with van der Waals surface area (Å²) in [5, 5.41) is 13.8. The second-order valence-corrected chi connectivity index (χ2v) is 4.78. The molecular formula is C12H18N4O2. The van der Waals surface area contributed by atoms with E-state index in [4.69, 9.17) is 0 Å². The van der Waals surface area contributed by atoms with Crippen LogP contribution in [0.2, 0.25) is 0 Å². The molecule has 18 heavy (non-hydrogen) atoms. The first kappa shape index (κ1) is 12.8. The lowest BCUT2D eigenvalue weighted by Gasteiger charge is -2.29. The summed E-state index contributed by atoms with van der Waals surface area (Å²) in [6, 6.07) is 2.88. The Labute approximate surface area is 106 Å². The van der Waals surface area contributed by atoms with Crippen LogP contribution in [-0.2, 0) is 0 Å². The summed E-state index contributed by atoms with van der Waals surface area (Å²) in [5.74, 6) is 1.21. The summed E-state index contributed by atoms with van der Waals surface area (Å²) in [6.07, 6.45) is 3.80. The highest BCUT2D eigenvalue weighted by atomic mass is 16.6. The number of aromatic nitrogens is 1. The Balaban J connectivity index is 1.86. The van der Waals surface area contributed by atoms with Crippen LogP contribution in [-0.4, -0.2) is 41.5 Å². The Hall–Kier alpha value is -1.69. The monoisotopic (exact) mass is 250 g/mol. The van der Waals surface area contributed by atoms with Gasteiger partial charge in [-0.3, -0.25) is 10.1 Å². The molecule has 1 aromatic heterocycles. The Morgan fingerprint density at radius 2 is 2.28 bits per heavy atom. The van der Waals surface area contributed by atoms with Gasteiger partial charge in [-0.05, 0) is 38.9 Å². The molecule has 1 fully saturated rings. The van der Waals surface area contributed by atoms with Crippen molar-refractivity contribution in [1.82, 2.24) is 9.88 Å². The molecule has 1 aliphatic rings. The summed E-state index contributed by atoms with van der Waals surface area (Å²) in [6.45, 7) is 3.07. The van der Waals surface area contributed by atoms with E-state index in [1.807, 2.05) is 0 Å². The van der Waals surface area contributed by atoms with Crippen molar-refractivity contribution in [3.63, 3.8) is 0 Å². The van der Waals surface area contributed by atoms with E-state index in [0.29, 0.717) is 11.7 Å². The molecular weight excluding hydrogens is 232 g/mol. The fourth-order valence-electron chi connectivity index (χ4n) is 2.14. The summed E-state index contributed by atoms with van der Waals surface area (Å²) in [5.41, 5.74) is 0.0795. The van der Waals surface area contributed by atoms with Crippen molar-refractivity contribution < 1.29 is 4.92 Å². The van der Waals surface area contributed by atoms with Gasteiger partial charge in [0.05, 0.1) is 11.0 Å². The molecule has 0 radical (unpaired) electrons. The Morgan fingerprint density at radius 1 is 1.56 bits per heavy atom. The molecule has 0 aliphatic carbocycles. The maximum Gasteiger partial charge on any atom is 0.274 e. The third kappa shape index (κ3) is 3.40. The molecule has 6 heteroatoms. The van der Waals surface area contributed by atoms with E-state index < -0.39 is 4.92 Å². The number of anilines is 1. The summed E-state index contributed by atoms with van der Waals surface area (Å²) < 4.78 is 0. The van der Waals surface area contributed by atoms with Gasteiger partial charge in [0.15, 0.2) is 0 Å². The van der Waals surface area contributed by atoms with Gasteiger partial charge in [-0.25, -0.2) is 4.98 Å². The van der Waals surface area contributed by atoms with Crippen LogP contribution in [0.1, 0.15) is 12.8 Å². The molecule has 0 bridgehead atoms. The number of nitro groups is 1. The lowest BCUT2D eigenvalue weighted by atomic mass is 9.97. The third-order valence-corrected chi connectivity index (χ3v) is 3.36. The van der Waals surface area contributed by atoms with E-state index in [1.54, 1.807) is 0 Å². The number of nitrogens with one attached hydrogen (secondary N) is 1. The van der Waals surface area contributed by atoms with Crippen LogP contribution in [0.3, 0.4) is 0 Å². The van der Waals surface area contributed by atoms with E-state index >= 15 is 0 Å². The van der Waals surface area contributed by atoms with E-state index in [-0.39, 0.29) is 5.69 Å². The van der Waals surface area contributed by atoms with Gasteiger partial charge in [-0.2, -0.15) is 0 Å². The minimum absolute atomic E-state index is 0.0795. The highest BCUT2D eigenvalue weighted by Gasteiger charge is 2.16. The Kier molecular flexibility index (Phi) is 4.09. The topological polar surface area (TPSA) is 71.3 Å². The zero-order valence-electron chi connectivity index (χ0n) is 10.5. The van der Waals surface area contributed by atoms with Crippen LogP contribution in [0.5, 0.6) is 0 Å². The summed E-state index contributed by atoms with van der Waals surface area (Å²) in [7, 11) is 2.13. The second kappa shape index (κ2) is 5.77. The smallest absolute Gasteiger partial charge is 0.274 e. The lowest BCUT2D eigenvalue weighted by Crippen LogP contribution is -2.33. The van der Waals surface area contributed by atoms with Gasteiger partial charge in [0.1, 0.15) is 5.82 Å². The standard InChI is InChI=1S/C12H18N4O2/c1-15-6-3-10(4-7-15)9-14-12-8-11(16(17)18)2-5-13-12/h2,5,8,10H,3-4,6-7,9H2,1H3,(H,13,14). The lowest BCUT2D eigenvalue weighted by molar-refractivity contribution is -0.384. The van der Waals surface area contributed by atoms with Crippen molar-refractivity contribution in [2.75, 3.05) is 32.0 Å².